The number of halogens is 3. The van der Waals surface area contributed by atoms with E-state index in [2.05, 4.69) is 6.58 Å². The lowest BCUT2D eigenvalue weighted by molar-refractivity contribution is -0.228. The third-order valence-electron chi connectivity index (χ3n) is 4.89. The zero-order chi connectivity index (χ0) is 20.9. The predicted molar refractivity (Wildman–Crippen MR) is 113 cm³/mol. The minimum atomic E-state index is -3.68. The summed E-state index contributed by atoms with van der Waals surface area (Å²) in [6, 6.07) is 10.3. The SMILES string of the molecule is C=CCC/C=C/c1ccc(-c2ccc3c(c2F)C(F)(F)OC(CCCC)=C3)cc1. The Hall–Kier alpha value is -2.75. The average Bonchev–Trinajstić information content (AvgIpc) is 2.69. The maximum atomic E-state index is 15.1. The highest BCUT2D eigenvalue weighted by Crippen LogP contribution is 2.44. The van der Waals surface area contributed by atoms with Crippen molar-refractivity contribution in [2.45, 2.75) is 45.1 Å². The highest BCUT2D eigenvalue weighted by molar-refractivity contribution is 5.71. The van der Waals surface area contributed by atoms with E-state index in [9.17, 15) is 8.78 Å². The van der Waals surface area contributed by atoms with Gasteiger partial charge >= 0.3 is 6.11 Å². The first-order chi connectivity index (χ1) is 14.0. The molecule has 0 amide bonds. The standard InChI is InChI=1S/C25H25F3O/c1-3-5-7-8-9-18-11-13-19(14-12-18)22-16-15-20-17-21(10-6-4-2)29-25(27,28)23(20)24(22)26/h3,8-9,11-17H,1,4-7,10H2,2H3/b9-8+. The number of hydrogen-bond donors (Lipinski definition) is 0. The molecular formula is C25H25F3O. The van der Waals surface area contributed by atoms with E-state index >= 15 is 4.39 Å². The Morgan fingerprint density at radius 2 is 1.83 bits per heavy atom. The molecule has 0 bridgehead atoms. The van der Waals surface area contributed by atoms with Crippen molar-refractivity contribution in [2.75, 3.05) is 0 Å². The maximum absolute atomic E-state index is 15.1. The third kappa shape index (κ3) is 4.81. The minimum absolute atomic E-state index is 0.139. The molecule has 4 heteroatoms. The van der Waals surface area contributed by atoms with Gasteiger partial charge in [-0.3, -0.25) is 0 Å². The fourth-order valence-corrected chi connectivity index (χ4v) is 3.33. The van der Waals surface area contributed by atoms with Gasteiger partial charge in [0.15, 0.2) is 0 Å². The number of hydrogen-bond acceptors (Lipinski definition) is 1. The summed E-state index contributed by atoms with van der Waals surface area (Å²) in [5.74, 6) is -0.739. The molecule has 152 valence electrons. The lowest BCUT2D eigenvalue weighted by Gasteiger charge is -2.27. The van der Waals surface area contributed by atoms with Crippen LogP contribution in [0.4, 0.5) is 13.2 Å². The average molecular weight is 398 g/mol. The number of allylic oxidation sites excluding steroid dienone is 3. The van der Waals surface area contributed by atoms with Gasteiger partial charge in [0.1, 0.15) is 17.1 Å². The molecule has 0 spiro atoms. The van der Waals surface area contributed by atoms with Crippen molar-refractivity contribution in [1.29, 1.82) is 0 Å². The molecule has 0 saturated carbocycles. The number of ether oxygens (including phenoxy) is 1. The predicted octanol–water partition coefficient (Wildman–Crippen LogP) is 8.08. The Balaban J connectivity index is 1.90. The van der Waals surface area contributed by atoms with Crippen molar-refractivity contribution in [3.63, 3.8) is 0 Å². The van der Waals surface area contributed by atoms with Gasteiger partial charge < -0.3 is 4.74 Å². The van der Waals surface area contributed by atoms with Gasteiger partial charge in [-0.2, -0.15) is 8.78 Å². The fourth-order valence-electron chi connectivity index (χ4n) is 3.33. The number of unbranched alkanes of at least 4 members (excludes halogenated alkanes) is 2. The van der Waals surface area contributed by atoms with Crippen LogP contribution >= 0.6 is 0 Å². The fraction of sp³-hybridized carbons (Fsp3) is 0.280. The van der Waals surface area contributed by atoms with E-state index in [0.717, 1.165) is 31.2 Å². The van der Waals surface area contributed by atoms with Crippen LogP contribution in [0.25, 0.3) is 23.3 Å². The Morgan fingerprint density at radius 1 is 1.07 bits per heavy atom. The van der Waals surface area contributed by atoms with Crippen molar-refractivity contribution in [3.8, 4) is 11.1 Å². The molecule has 29 heavy (non-hydrogen) atoms. The van der Waals surface area contributed by atoms with Gasteiger partial charge in [-0.05, 0) is 42.0 Å². The molecule has 2 aromatic carbocycles. The number of rotatable bonds is 8. The summed E-state index contributed by atoms with van der Waals surface area (Å²) in [6.45, 7) is 5.66. The molecule has 1 aliphatic heterocycles. The zero-order valence-electron chi connectivity index (χ0n) is 16.6. The van der Waals surface area contributed by atoms with E-state index in [1.807, 2.05) is 37.3 Å². The van der Waals surface area contributed by atoms with E-state index < -0.39 is 17.5 Å². The number of alkyl halides is 2. The lowest BCUT2D eigenvalue weighted by atomic mass is 9.94. The van der Waals surface area contributed by atoms with Crippen LogP contribution in [0.2, 0.25) is 0 Å². The molecular weight excluding hydrogens is 373 g/mol. The Morgan fingerprint density at radius 3 is 2.52 bits per heavy atom. The van der Waals surface area contributed by atoms with Crippen LogP contribution in [-0.4, -0.2) is 0 Å². The molecule has 2 aromatic rings. The van der Waals surface area contributed by atoms with Crippen LogP contribution in [0.5, 0.6) is 0 Å². The quantitative estimate of drug-likeness (QED) is 0.322. The second-order valence-corrected chi connectivity index (χ2v) is 7.11. The van der Waals surface area contributed by atoms with E-state index in [1.165, 1.54) is 6.08 Å². The molecule has 0 atom stereocenters. The van der Waals surface area contributed by atoms with Crippen LogP contribution < -0.4 is 0 Å². The summed E-state index contributed by atoms with van der Waals surface area (Å²) in [5, 5.41) is 0. The monoisotopic (exact) mass is 398 g/mol. The van der Waals surface area contributed by atoms with Crippen molar-refractivity contribution in [3.05, 3.63) is 83.4 Å². The lowest BCUT2D eigenvalue weighted by Crippen LogP contribution is -2.24. The van der Waals surface area contributed by atoms with Gasteiger partial charge in [0.25, 0.3) is 0 Å². The Bertz CT molecular complexity index is 924. The van der Waals surface area contributed by atoms with Crippen molar-refractivity contribution in [1.82, 2.24) is 0 Å². The molecule has 3 rings (SSSR count). The second-order valence-electron chi connectivity index (χ2n) is 7.11. The van der Waals surface area contributed by atoms with Crippen LogP contribution in [-0.2, 0) is 10.8 Å². The molecule has 0 saturated heterocycles. The van der Waals surface area contributed by atoms with Gasteiger partial charge in [-0.1, -0.05) is 68.0 Å². The smallest absolute Gasteiger partial charge is 0.429 e. The normalized spacial score (nSPS) is 15.0. The van der Waals surface area contributed by atoms with Crippen LogP contribution in [0.3, 0.4) is 0 Å². The van der Waals surface area contributed by atoms with Crippen molar-refractivity contribution in [2.24, 2.45) is 0 Å². The van der Waals surface area contributed by atoms with Gasteiger partial charge in [-0.15, -0.1) is 6.58 Å². The molecule has 0 fully saturated rings. The number of benzene rings is 2. The summed E-state index contributed by atoms with van der Waals surface area (Å²) in [4.78, 5) is 0. The summed E-state index contributed by atoms with van der Waals surface area (Å²) >= 11 is 0. The Kier molecular flexibility index (Phi) is 6.63. The van der Waals surface area contributed by atoms with Gasteiger partial charge in [0, 0.05) is 12.0 Å². The van der Waals surface area contributed by atoms with Crippen molar-refractivity contribution >= 4 is 12.2 Å². The minimum Gasteiger partial charge on any atom is -0.433 e. The molecule has 0 aromatic heterocycles. The summed E-state index contributed by atoms with van der Waals surface area (Å²) < 4.78 is 49.1. The first kappa shape index (κ1) is 21.0. The first-order valence-electron chi connectivity index (χ1n) is 9.94. The van der Waals surface area contributed by atoms with Crippen LogP contribution in [0, 0.1) is 5.82 Å². The van der Waals surface area contributed by atoms with Crippen LogP contribution in [0.1, 0.15) is 55.7 Å². The van der Waals surface area contributed by atoms with Crippen LogP contribution in [0.15, 0.2) is 60.9 Å². The molecule has 0 aliphatic carbocycles. The van der Waals surface area contributed by atoms with E-state index in [1.54, 1.807) is 24.3 Å². The summed E-state index contributed by atoms with van der Waals surface area (Å²) in [5.41, 5.74) is 1.14. The molecule has 1 nitrogen and oxygen atoms in total. The molecule has 1 aliphatic rings. The highest BCUT2D eigenvalue weighted by atomic mass is 19.3. The molecule has 0 unspecified atom stereocenters. The van der Waals surface area contributed by atoms with E-state index in [-0.39, 0.29) is 16.9 Å². The Labute approximate surface area is 170 Å². The second kappa shape index (κ2) is 9.17. The first-order valence-corrected chi connectivity index (χ1v) is 9.94. The molecule has 1 heterocycles. The van der Waals surface area contributed by atoms with Gasteiger partial charge in [0.05, 0.1) is 0 Å². The van der Waals surface area contributed by atoms with E-state index in [0.29, 0.717) is 12.0 Å². The topological polar surface area (TPSA) is 9.23 Å². The third-order valence-corrected chi connectivity index (χ3v) is 4.89. The largest absolute Gasteiger partial charge is 0.433 e. The van der Waals surface area contributed by atoms with Crippen molar-refractivity contribution < 1.29 is 17.9 Å². The molecule has 0 N–H and O–H groups in total. The molecule has 0 radical (unpaired) electrons. The summed E-state index contributed by atoms with van der Waals surface area (Å²) in [7, 11) is 0. The summed E-state index contributed by atoms with van der Waals surface area (Å²) in [6.07, 6.45) is 7.53. The number of fused-ring (bicyclic) bond motifs is 1. The zero-order valence-corrected chi connectivity index (χ0v) is 16.6. The van der Waals surface area contributed by atoms with Gasteiger partial charge in [-0.25, -0.2) is 4.39 Å². The van der Waals surface area contributed by atoms with E-state index in [4.69, 9.17) is 4.74 Å². The highest BCUT2D eigenvalue weighted by Gasteiger charge is 2.43. The van der Waals surface area contributed by atoms with Gasteiger partial charge in [0.2, 0.25) is 0 Å². The maximum Gasteiger partial charge on any atom is 0.429 e.